The maximum Gasteiger partial charge on any atom is 0.517 e. The van der Waals surface area contributed by atoms with Gasteiger partial charge < -0.3 is 9.29 Å². The maximum absolute atomic E-state index is 12.5. The third-order valence-corrected chi connectivity index (χ3v) is 9.48. The Morgan fingerprint density at radius 3 is 1.31 bits per heavy atom. The number of benzene rings is 3. The van der Waals surface area contributed by atoms with Crippen molar-refractivity contribution in [1.82, 2.24) is 0 Å². The molecule has 0 aliphatic rings. The molecular weight excluding hydrogens is 452 g/mol. The largest absolute Gasteiger partial charge is 0.517 e. The van der Waals surface area contributed by atoms with Crippen molar-refractivity contribution in [3.8, 4) is 0 Å². The fourth-order valence-electron chi connectivity index (χ4n) is 4.33. The molecule has 0 saturated carbocycles. The van der Waals surface area contributed by atoms with Gasteiger partial charge in [-0.2, -0.15) is 0 Å². The summed E-state index contributed by atoms with van der Waals surface area (Å²) in [5, 5.41) is 10.2. The van der Waals surface area contributed by atoms with E-state index in [4.69, 9.17) is 4.18 Å². The van der Waals surface area contributed by atoms with Crippen molar-refractivity contribution in [2.24, 2.45) is 0 Å². The predicted octanol–water partition coefficient (Wildman–Crippen LogP) is 9.47. The molecule has 0 radical (unpaired) electrons. The molecule has 0 aliphatic heterocycles. The highest BCUT2D eigenvalue weighted by atomic mass is 32.3. The predicted molar refractivity (Wildman–Crippen MR) is 147 cm³/mol. The molecule has 0 amide bonds. The Labute approximate surface area is 213 Å². The smallest absolute Gasteiger partial charge is 0.449 e. The van der Waals surface area contributed by atoms with Crippen LogP contribution in [-0.4, -0.2) is 11.3 Å². The standard InChI is InChI=1S/C31H40O3S/c1-29(2,3)22-20-25(30(4,5)6)27(26(21-22)31(7,8)9)35(34-28(32)33,23-16-12-10-13-17-23)24-18-14-11-15-19-24/h10-21H,1-9H3,(H,32,33). The molecule has 3 nitrogen and oxygen atoms in total. The summed E-state index contributed by atoms with van der Waals surface area (Å²) < 4.78 is 6.19. The zero-order valence-corrected chi connectivity index (χ0v) is 23.4. The minimum absolute atomic E-state index is 0.0658. The lowest BCUT2D eigenvalue weighted by molar-refractivity contribution is 0.150. The van der Waals surface area contributed by atoms with Crippen LogP contribution in [0.5, 0.6) is 0 Å². The van der Waals surface area contributed by atoms with Crippen LogP contribution >= 0.6 is 10.3 Å². The van der Waals surface area contributed by atoms with Crippen molar-refractivity contribution >= 4 is 16.5 Å². The van der Waals surface area contributed by atoms with E-state index in [2.05, 4.69) is 74.4 Å². The Hall–Kier alpha value is -2.72. The number of hydrogen-bond acceptors (Lipinski definition) is 2. The van der Waals surface area contributed by atoms with E-state index >= 15 is 0 Å². The van der Waals surface area contributed by atoms with Crippen LogP contribution in [0.2, 0.25) is 0 Å². The molecule has 3 aromatic carbocycles. The van der Waals surface area contributed by atoms with E-state index < -0.39 is 16.5 Å². The summed E-state index contributed by atoms with van der Waals surface area (Å²) in [6, 6.07) is 24.3. The quantitative estimate of drug-likeness (QED) is 0.394. The van der Waals surface area contributed by atoms with Crippen LogP contribution in [0.4, 0.5) is 4.79 Å². The second-order valence-corrected chi connectivity index (χ2v) is 14.8. The highest BCUT2D eigenvalue weighted by Gasteiger charge is 2.43. The van der Waals surface area contributed by atoms with E-state index in [0.717, 1.165) is 25.8 Å². The first-order valence-corrected chi connectivity index (χ1v) is 13.7. The van der Waals surface area contributed by atoms with Crippen LogP contribution in [0.15, 0.2) is 87.5 Å². The van der Waals surface area contributed by atoms with Crippen LogP contribution in [0.1, 0.15) is 79.0 Å². The Kier molecular flexibility index (Phi) is 7.21. The van der Waals surface area contributed by atoms with Crippen molar-refractivity contribution in [1.29, 1.82) is 0 Å². The molecular formula is C31H40O3S. The average Bonchev–Trinajstić information content (AvgIpc) is 2.76. The van der Waals surface area contributed by atoms with Gasteiger partial charge in [-0.25, -0.2) is 4.79 Å². The Bertz CT molecular complexity index is 1100. The summed E-state index contributed by atoms with van der Waals surface area (Å²) >= 11 is 0. The molecule has 0 aromatic heterocycles. The Morgan fingerprint density at radius 2 is 1.03 bits per heavy atom. The van der Waals surface area contributed by atoms with Crippen molar-refractivity contribution < 1.29 is 14.1 Å². The van der Waals surface area contributed by atoms with Crippen molar-refractivity contribution in [3.05, 3.63) is 89.5 Å². The van der Waals surface area contributed by atoms with Gasteiger partial charge in [0, 0.05) is 14.7 Å². The Morgan fingerprint density at radius 1 is 0.657 bits per heavy atom. The van der Waals surface area contributed by atoms with Crippen molar-refractivity contribution in [3.63, 3.8) is 0 Å². The zero-order valence-electron chi connectivity index (χ0n) is 22.6. The lowest BCUT2D eigenvalue weighted by Crippen LogP contribution is -2.27. The molecule has 0 bridgehead atoms. The highest BCUT2D eigenvalue weighted by molar-refractivity contribution is 8.30. The van der Waals surface area contributed by atoms with Gasteiger partial charge in [0.15, 0.2) is 0 Å². The van der Waals surface area contributed by atoms with E-state index in [1.54, 1.807) is 0 Å². The fourth-order valence-corrected chi connectivity index (χ4v) is 7.99. The molecule has 0 atom stereocenters. The van der Waals surface area contributed by atoms with Crippen LogP contribution in [0.3, 0.4) is 0 Å². The molecule has 4 heteroatoms. The van der Waals surface area contributed by atoms with Gasteiger partial charge in [-0.3, -0.25) is 0 Å². The first kappa shape index (κ1) is 26.9. The first-order valence-electron chi connectivity index (χ1n) is 12.1. The van der Waals surface area contributed by atoms with Gasteiger partial charge in [0.05, 0.1) is 0 Å². The number of rotatable bonds is 4. The number of hydrogen-bond donors (Lipinski definition) is 1. The third-order valence-electron chi connectivity index (χ3n) is 6.20. The third kappa shape index (κ3) is 5.43. The van der Waals surface area contributed by atoms with E-state index in [0.29, 0.717) is 0 Å². The van der Waals surface area contributed by atoms with Crippen LogP contribution in [0.25, 0.3) is 0 Å². The molecule has 0 aliphatic carbocycles. The normalized spacial score (nSPS) is 13.4. The lowest BCUT2D eigenvalue weighted by atomic mass is 9.75. The average molecular weight is 493 g/mol. The minimum Gasteiger partial charge on any atom is -0.449 e. The Balaban J connectivity index is 2.68. The van der Waals surface area contributed by atoms with Gasteiger partial charge in [-0.15, -0.1) is 0 Å². The van der Waals surface area contributed by atoms with E-state index in [1.165, 1.54) is 5.56 Å². The zero-order chi connectivity index (χ0) is 26.2. The van der Waals surface area contributed by atoms with Gasteiger partial charge in [0.2, 0.25) is 0 Å². The molecule has 0 heterocycles. The second kappa shape index (κ2) is 9.39. The van der Waals surface area contributed by atoms with E-state index in [9.17, 15) is 9.90 Å². The highest BCUT2D eigenvalue weighted by Crippen LogP contribution is 2.72. The van der Waals surface area contributed by atoms with Gasteiger partial charge in [-0.05, 0) is 67.5 Å². The molecule has 0 saturated heterocycles. The summed E-state index contributed by atoms with van der Waals surface area (Å²) in [5.74, 6) is 0. The van der Waals surface area contributed by atoms with Crippen LogP contribution in [-0.2, 0) is 20.4 Å². The van der Waals surface area contributed by atoms with Gasteiger partial charge in [0.1, 0.15) is 0 Å². The summed E-state index contributed by atoms with van der Waals surface area (Å²) in [5.41, 5.74) is 2.92. The number of carboxylic acid groups (broad SMARTS) is 1. The minimum atomic E-state index is -2.62. The van der Waals surface area contributed by atoms with Crippen LogP contribution < -0.4 is 0 Å². The lowest BCUT2D eigenvalue weighted by Gasteiger charge is -2.45. The number of carbonyl (C=O) groups is 1. The van der Waals surface area contributed by atoms with Gasteiger partial charge in [0.25, 0.3) is 0 Å². The van der Waals surface area contributed by atoms with E-state index in [-0.39, 0.29) is 16.2 Å². The molecule has 0 unspecified atom stereocenters. The molecule has 1 N–H and O–H groups in total. The summed E-state index contributed by atoms with van der Waals surface area (Å²) in [6.45, 7) is 19.9. The molecule has 3 aromatic rings. The van der Waals surface area contributed by atoms with Crippen LogP contribution in [0, 0.1) is 0 Å². The topological polar surface area (TPSA) is 46.5 Å². The van der Waals surface area contributed by atoms with E-state index in [1.807, 2.05) is 60.7 Å². The second-order valence-electron chi connectivity index (χ2n) is 12.2. The molecule has 0 spiro atoms. The van der Waals surface area contributed by atoms with Gasteiger partial charge >= 0.3 is 6.16 Å². The van der Waals surface area contributed by atoms with Crippen molar-refractivity contribution in [2.75, 3.05) is 0 Å². The molecule has 0 fully saturated rings. The molecule has 35 heavy (non-hydrogen) atoms. The maximum atomic E-state index is 12.5. The SMILES string of the molecule is CC(C)(C)c1cc(C(C)(C)C)c(S(OC(=O)O)(c2ccccc2)c2ccccc2)c(C(C)(C)C)c1. The first-order chi connectivity index (χ1) is 16.1. The fraction of sp³-hybridized carbons (Fsp3) is 0.387. The molecule has 3 rings (SSSR count). The summed E-state index contributed by atoms with van der Waals surface area (Å²) in [4.78, 5) is 15.2. The summed E-state index contributed by atoms with van der Waals surface area (Å²) in [7, 11) is -2.62. The van der Waals surface area contributed by atoms with Gasteiger partial charge in [-0.1, -0.05) is 111 Å². The monoisotopic (exact) mass is 492 g/mol. The summed E-state index contributed by atoms with van der Waals surface area (Å²) in [6.07, 6.45) is -1.27. The molecule has 188 valence electrons. The van der Waals surface area contributed by atoms with Crippen molar-refractivity contribution in [2.45, 2.75) is 93.2 Å².